The maximum Gasteiger partial charge on any atom is 0.165 e. The first-order valence-corrected chi connectivity index (χ1v) is 6.89. The number of nitrogens with two attached hydrogens (primary N) is 1. The third kappa shape index (κ3) is 2.37. The first-order chi connectivity index (χ1) is 8.67. The van der Waals surface area contributed by atoms with E-state index in [1.165, 1.54) is 12.8 Å². The number of halogens is 1. The number of rotatable bonds is 4. The van der Waals surface area contributed by atoms with Crippen molar-refractivity contribution in [1.29, 1.82) is 0 Å². The Morgan fingerprint density at radius 3 is 2.61 bits per heavy atom. The minimum absolute atomic E-state index is 0.273. The summed E-state index contributed by atoms with van der Waals surface area (Å²) in [6.45, 7) is 0.643. The van der Waals surface area contributed by atoms with Crippen LogP contribution in [-0.2, 0) is 5.54 Å². The Morgan fingerprint density at radius 1 is 1.28 bits per heavy atom. The van der Waals surface area contributed by atoms with Crippen molar-refractivity contribution in [3.8, 4) is 5.75 Å². The summed E-state index contributed by atoms with van der Waals surface area (Å²) in [5.41, 5.74) is 6.91. The van der Waals surface area contributed by atoms with E-state index in [0.29, 0.717) is 18.3 Å². The van der Waals surface area contributed by atoms with Gasteiger partial charge in [0.2, 0.25) is 0 Å². The van der Waals surface area contributed by atoms with Gasteiger partial charge in [0.05, 0.1) is 6.61 Å². The Hall–Kier alpha value is -1.09. The van der Waals surface area contributed by atoms with E-state index in [1.54, 1.807) is 12.1 Å². The van der Waals surface area contributed by atoms with Crippen molar-refractivity contribution >= 4 is 0 Å². The molecule has 2 N–H and O–H groups in total. The van der Waals surface area contributed by atoms with Crippen molar-refractivity contribution in [1.82, 2.24) is 0 Å². The molecule has 0 atom stereocenters. The Labute approximate surface area is 107 Å². The van der Waals surface area contributed by atoms with Crippen molar-refractivity contribution in [2.75, 3.05) is 6.61 Å². The molecule has 2 aliphatic carbocycles. The number of hydrogen-bond donors (Lipinski definition) is 1. The summed E-state index contributed by atoms with van der Waals surface area (Å²) in [4.78, 5) is 0. The zero-order valence-corrected chi connectivity index (χ0v) is 10.6. The molecule has 2 nitrogen and oxygen atoms in total. The second-order valence-electron chi connectivity index (χ2n) is 5.76. The molecule has 2 saturated carbocycles. The monoisotopic (exact) mass is 249 g/mol. The smallest absolute Gasteiger partial charge is 0.165 e. The van der Waals surface area contributed by atoms with Gasteiger partial charge >= 0.3 is 0 Å². The minimum atomic E-state index is -0.324. The van der Waals surface area contributed by atoms with Crippen LogP contribution >= 0.6 is 0 Å². The zero-order chi connectivity index (χ0) is 12.6. The van der Waals surface area contributed by atoms with Crippen LogP contribution in [-0.4, -0.2) is 6.61 Å². The molecule has 18 heavy (non-hydrogen) atoms. The average molecular weight is 249 g/mol. The Bertz CT molecular complexity index is 436. The van der Waals surface area contributed by atoms with Crippen molar-refractivity contribution < 1.29 is 9.13 Å². The third-order valence-corrected chi connectivity index (χ3v) is 4.17. The Kier molecular flexibility index (Phi) is 3.02. The van der Waals surface area contributed by atoms with Crippen molar-refractivity contribution in [3.05, 3.63) is 29.6 Å². The highest BCUT2D eigenvalue weighted by Gasteiger charge is 2.32. The SMILES string of the molecule is NC1(c2ccc(OCC3CC3)c(F)c2)CCCC1. The minimum Gasteiger partial charge on any atom is -0.490 e. The highest BCUT2D eigenvalue weighted by atomic mass is 19.1. The fourth-order valence-corrected chi connectivity index (χ4v) is 2.71. The largest absolute Gasteiger partial charge is 0.490 e. The molecule has 0 spiro atoms. The summed E-state index contributed by atoms with van der Waals surface area (Å²) < 4.78 is 19.5. The second-order valence-corrected chi connectivity index (χ2v) is 5.76. The molecule has 0 saturated heterocycles. The molecule has 0 amide bonds. The first-order valence-electron chi connectivity index (χ1n) is 6.89. The molecule has 2 fully saturated rings. The van der Waals surface area contributed by atoms with E-state index in [4.69, 9.17) is 10.5 Å². The second kappa shape index (κ2) is 4.54. The van der Waals surface area contributed by atoms with Crippen molar-refractivity contribution in [2.45, 2.75) is 44.1 Å². The summed E-state index contributed by atoms with van der Waals surface area (Å²) >= 11 is 0. The topological polar surface area (TPSA) is 35.2 Å². The van der Waals surface area contributed by atoms with Crippen LogP contribution in [0.1, 0.15) is 44.1 Å². The third-order valence-electron chi connectivity index (χ3n) is 4.17. The fourth-order valence-electron chi connectivity index (χ4n) is 2.71. The van der Waals surface area contributed by atoms with E-state index in [2.05, 4.69) is 0 Å². The lowest BCUT2D eigenvalue weighted by Gasteiger charge is -2.24. The van der Waals surface area contributed by atoms with Crippen LogP contribution < -0.4 is 10.5 Å². The zero-order valence-electron chi connectivity index (χ0n) is 10.6. The van der Waals surface area contributed by atoms with Gasteiger partial charge in [-0.3, -0.25) is 0 Å². The van der Waals surface area contributed by atoms with E-state index in [9.17, 15) is 4.39 Å². The Morgan fingerprint density at radius 2 is 2.00 bits per heavy atom. The molecular formula is C15H20FNO. The number of benzene rings is 1. The lowest BCUT2D eigenvalue weighted by Crippen LogP contribution is -2.33. The van der Waals surface area contributed by atoms with E-state index < -0.39 is 0 Å². The molecule has 0 aromatic heterocycles. The fraction of sp³-hybridized carbons (Fsp3) is 0.600. The Balaban J connectivity index is 1.74. The predicted molar refractivity (Wildman–Crippen MR) is 69.0 cm³/mol. The van der Waals surface area contributed by atoms with Crippen LogP contribution in [0.15, 0.2) is 18.2 Å². The summed E-state index contributed by atoms with van der Waals surface area (Å²) in [6.07, 6.45) is 6.61. The summed E-state index contributed by atoms with van der Waals surface area (Å²) in [7, 11) is 0. The standard InChI is InChI=1S/C15H20FNO/c16-13-9-12(15(17)7-1-2-8-15)5-6-14(13)18-10-11-3-4-11/h5-6,9,11H,1-4,7-8,10,17H2. The molecule has 0 heterocycles. The maximum absolute atomic E-state index is 14.0. The highest BCUT2D eigenvalue weighted by molar-refractivity contribution is 5.34. The van der Waals surface area contributed by atoms with Gasteiger partial charge in [0, 0.05) is 5.54 Å². The first kappa shape index (κ1) is 12.0. The van der Waals surface area contributed by atoms with Gasteiger partial charge < -0.3 is 10.5 Å². The van der Waals surface area contributed by atoms with Gasteiger partial charge in [-0.05, 0) is 49.3 Å². The normalized spacial score (nSPS) is 22.1. The van der Waals surface area contributed by atoms with Gasteiger partial charge in [0.15, 0.2) is 11.6 Å². The molecule has 0 aliphatic heterocycles. The van der Waals surface area contributed by atoms with Crippen LogP contribution in [0.4, 0.5) is 4.39 Å². The molecule has 98 valence electrons. The van der Waals surface area contributed by atoms with Gasteiger partial charge in [-0.2, -0.15) is 0 Å². The lowest BCUT2D eigenvalue weighted by atomic mass is 9.89. The predicted octanol–water partition coefficient (Wildman–Crippen LogP) is 3.34. The molecule has 0 radical (unpaired) electrons. The maximum atomic E-state index is 14.0. The van der Waals surface area contributed by atoms with Crippen LogP contribution in [0.25, 0.3) is 0 Å². The molecule has 0 unspecified atom stereocenters. The van der Waals surface area contributed by atoms with Gasteiger partial charge in [0.1, 0.15) is 0 Å². The van der Waals surface area contributed by atoms with Gasteiger partial charge in [-0.15, -0.1) is 0 Å². The molecule has 2 aliphatic rings. The quantitative estimate of drug-likeness (QED) is 0.888. The van der Waals surface area contributed by atoms with E-state index in [0.717, 1.165) is 31.2 Å². The van der Waals surface area contributed by atoms with E-state index in [-0.39, 0.29) is 11.4 Å². The van der Waals surface area contributed by atoms with Crippen LogP contribution in [0.3, 0.4) is 0 Å². The van der Waals surface area contributed by atoms with E-state index >= 15 is 0 Å². The van der Waals surface area contributed by atoms with Gasteiger partial charge in [-0.1, -0.05) is 18.9 Å². The van der Waals surface area contributed by atoms with Crippen LogP contribution in [0.5, 0.6) is 5.75 Å². The molecule has 3 rings (SSSR count). The van der Waals surface area contributed by atoms with Crippen molar-refractivity contribution in [2.24, 2.45) is 11.7 Å². The molecule has 3 heteroatoms. The molecule has 1 aromatic rings. The lowest BCUT2D eigenvalue weighted by molar-refractivity contribution is 0.284. The van der Waals surface area contributed by atoms with Crippen molar-refractivity contribution in [3.63, 3.8) is 0 Å². The summed E-state index contributed by atoms with van der Waals surface area (Å²) in [6, 6.07) is 5.23. The molecule has 1 aromatic carbocycles. The van der Waals surface area contributed by atoms with E-state index in [1.807, 2.05) is 6.07 Å². The average Bonchev–Trinajstić information content (AvgIpc) is 3.08. The summed E-state index contributed by atoms with van der Waals surface area (Å²) in [5.74, 6) is 0.733. The van der Waals surface area contributed by atoms with Gasteiger partial charge in [0.25, 0.3) is 0 Å². The van der Waals surface area contributed by atoms with Crippen LogP contribution in [0, 0.1) is 11.7 Å². The van der Waals surface area contributed by atoms with Gasteiger partial charge in [-0.25, -0.2) is 4.39 Å². The molecular weight excluding hydrogens is 229 g/mol. The summed E-state index contributed by atoms with van der Waals surface area (Å²) in [5, 5.41) is 0. The van der Waals surface area contributed by atoms with Crippen LogP contribution in [0.2, 0.25) is 0 Å². The molecule has 0 bridgehead atoms. The number of ether oxygens (including phenoxy) is 1. The highest BCUT2D eigenvalue weighted by Crippen LogP contribution is 2.37. The number of hydrogen-bond acceptors (Lipinski definition) is 2.